The summed E-state index contributed by atoms with van der Waals surface area (Å²) < 4.78 is 0. The standard InChI is InChI=1S/C16H26N4O2S.ClH/c1-10(2)15(17)16(22)19-9-13(21)18-8-7-14-20-11-5-3-4-6-12(11)23-14;/h10,15H,3-9,17H2,1-2H3,(H,18,21)(H,19,22);1H/t15-;/m0./s1. The number of hydrogen-bond acceptors (Lipinski definition) is 5. The van der Waals surface area contributed by atoms with Gasteiger partial charge in [-0.1, -0.05) is 13.8 Å². The van der Waals surface area contributed by atoms with E-state index in [9.17, 15) is 9.59 Å². The van der Waals surface area contributed by atoms with E-state index in [1.165, 1.54) is 23.4 Å². The molecule has 1 heterocycles. The number of nitrogens with one attached hydrogen (secondary N) is 2. The highest BCUT2D eigenvalue weighted by Crippen LogP contribution is 2.26. The maximum Gasteiger partial charge on any atom is 0.239 e. The molecule has 0 fully saturated rings. The van der Waals surface area contributed by atoms with Crippen molar-refractivity contribution in [3.05, 3.63) is 15.6 Å². The van der Waals surface area contributed by atoms with E-state index < -0.39 is 6.04 Å². The second-order valence-corrected chi connectivity index (χ2v) is 7.44. The van der Waals surface area contributed by atoms with E-state index >= 15 is 0 Å². The molecule has 0 radical (unpaired) electrons. The molecule has 1 aromatic heterocycles. The summed E-state index contributed by atoms with van der Waals surface area (Å²) in [5.74, 6) is -0.438. The van der Waals surface area contributed by atoms with Gasteiger partial charge in [0.1, 0.15) is 0 Å². The summed E-state index contributed by atoms with van der Waals surface area (Å²) >= 11 is 1.76. The van der Waals surface area contributed by atoms with Crippen molar-refractivity contribution in [2.75, 3.05) is 13.1 Å². The van der Waals surface area contributed by atoms with Gasteiger partial charge in [0.2, 0.25) is 11.8 Å². The number of nitrogens with zero attached hydrogens (tertiary/aromatic N) is 1. The van der Waals surface area contributed by atoms with Gasteiger partial charge in [0.15, 0.2) is 0 Å². The molecule has 2 amide bonds. The number of carbonyl (C=O) groups is 2. The van der Waals surface area contributed by atoms with Crippen LogP contribution in [-0.4, -0.2) is 35.9 Å². The SMILES string of the molecule is CC(C)[C@H](N)C(=O)NCC(=O)NCCc1nc2c(s1)CCCC2.Cl. The van der Waals surface area contributed by atoms with Gasteiger partial charge in [-0.2, -0.15) is 0 Å². The van der Waals surface area contributed by atoms with Crippen LogP contribution in [0.4, 0.5) is 0 Å². The fourth-order valence-electron chi connectivity index (χ4n) is 2.47. The third-order valence-electron chi connectivity index (χ3n) is 4.00. The number of rotatable bonds is 7. The molecule has 8 heteroatoms. The van der Waals surface area contributed by atoms with Gasteiger partial charge in [-0.3, -0.25) is 9.59 Å². The predicted molar refractivity (Wildman–Crippen MR) is 98.5 cm³/mol. The Balaban J connectivity index is 0.00000288. The van der Waals surface area contributed by atoms with Crippen molar-refractivity contribution < 1.29 is 9.59 Å². The number of thiazole rings is 1. The second kappa shape index (κ2) is 9.96. The Labute approximate surface area is 153 Å². The van der Waals surface area contributed by atoms with Gasteiger partial charge in [-0.15, -0.1) is 23.7 Å². The second-order valence-electron chi connectivity index (χ2n) is 6.27. The molecule has 0 bridgehead atoms. The molecule has 0 saturated carbocycles. The molecule has 0 aromatic carbocycles. The van der Waals surface area contributed by atoms with Gasteiger partial charge >= 0.3 is 0 Å². The lowest BCUT2D eigenvalue weighted by atomic mass is 10.0. The number of aromatic nitrogens is 1. The number of carbonyl (C=O) groups excluding carboxylic acids is 2. The van der Waals surface area contributed by atoms with Gasteiger partial charge < -0.3 is 16.4 Å². The van der Waals surface area contributed by atoms with E-state index in [1.807, 2.05) is 13.8 Å². The van der Waals surface area contributed by atoms with E-state index in [4.69, 9.17) is 5.73 Å². The molecular formula is C16H27ClN4O2S. The summed E-state index contributed by atoms with van der Waals surface area (Å²) in [4.78, 5) is 29.5. The third kappa shape index (κ3) is 6.03. The van der Waals surface area contributed by atoms with Gasteiger partial charge in [-0.05, 0) is 31.6 Å². The average Bonchev–Trinajstić information content (AvgIpc) is 2.94. The molecule has 136 valence electrons. The molecule has 2 rings (SSSR count). The first-order chi connectivity index (χ1) is 11.0. The van der Waals surface area contributed by atoms with Gasteiger partial charge in [0.05, 0.1) is 23.3 Å². The summed E-state index contributed by atoms with van der Waals surface area (Å²) in [7, 11) is 0. The van der Waals surface area contributed by atoms with Crippen molar-refractivity contribution in [3.8, 4) is 0 Å². The first-order valence-electron chi connectivity index (χ1n) is 8.25. The molecule has 0 saturated heterocycles. The van der Waals surface area contributed by atoms with Crippen molar-refractivity contribution in [1.82, 2.24) is 15.6 Å². The van der Waals surface area contributed by atoms with E-state index in [-0.39, 0.29) is 36.7 Å². The van der Waals surface area contributed by atoms with Crippen LogP contribution in [0, 0.1) is 5.92 Å². The fourth-order valence-corrected chi connectivity index (χ4v) is 3.63. The molecule has 4 N–H and O–H groups in total. The maximum atomic E-state index is 11.7. The van der Waals surface area contributed by atoms with Crippen molar-refractivity contribution in [1.29, 1.82) is 0 Å². The van der Waals surface area contributed by atoms with Gasteiger partial charge in [-0.25, -0.2) is 4.98 Å². The van der Waals surface area contributed by atoms with Crippen molar-refractivity contribution >= 4 is 35.6 Å². The lowest BCUT2D eigenvalue weighted by molar-refractivity contribution is -0.127. The number of nitrogens with two attached hydrogens (primary N) is 1. The van der Waals surface area contributed by atoms with Crippen molar-refractivity contribution in [2.24, 2.45) is 11.7 Å². The molecule has 0 aliphatic heterocycles. The minimum absolute atomic E-state index is 0. The van der Waals surface area contributed by atoms with Crippen LogP contribution < -0.4 is 16.4 Å². The van der Waals surface area contributed by atoms with E-state index in [1.54, 1.807) is 11.3 Å². The Morgan fingerprint density at radius 1 is 1.25 bits per heavy atom. The number of fused-ring (bicyclic) bond motifs is 1. The van der Waals surface area contributed by atoms with Crippen LogP contribution in [0.25, 0.3) is 0 Å². The summed E-state index contributed by atoms with van der Waals surface area (Å²) in [6, 6.07) is -0.579. The molecular weight excluding hydrogens is 348 g/mol. The number of amides is 2. The zero-order chi connectivity index (χ0) is 16.8. The minimum Gasteiger partial charge on any atom is -0.354 e. The summed E-state index contributed by atoms with van der Waals surface area (Å²) in [6.07, 6.45) is 5.44. The number of halogens is 1. The van der Waals surface area contributed by atoms with Gasteiger partial charge in [0.25, 0.3) is 0 Å². The largest absolute Gasteiger partial charge is 0.354 e. The quantitative estimate of drug-likeness (QED) is 0.668. The lowest BCUT2D eigenvalue weighted by Crippen LogP contribution is -2.47. The van der Waals surface area contributed by atoms with Crippen molar-refractivity contribution in [3.63, 3.8) is 0 Å². The van der Waals surface area contributed by atoms with E-state index in [0.717, 1.165) is 24.3 Å². The van der Waals surface area contributed by atoms with E-state index in [2.05, 4.69) is 15.6 Å². The molecule has 1 aromatic rings. The van der Waals surface area contributed by atoms with Crippen molar-refractivity contribution in [2.45, 2.75) is 52.0 Å². The van der Waals surface area contributed by atoms with Crippen LogP contribution in [-0.2, 0) is 28.9 Å². The molecule has 24 heavy (non-hydrogen) atoms. The van der Waals surface area contributed by atoms with Crippen LogP contribution in [0.15, 0.2) is 0 Å². The van der Waals surface area contributed by atoms with Gasteiger partial charge in [0, 0.05) is 17.8 Å². The third-order valence-corrected chi connectivity index (χ3v) is 5.21. The van der Waals surface area contributed by atoms with Crippen LogP contribution in [0.2, 0.25) is 0 Å². The highest BCUT2D eigenvalue weighted by Gasteiger charge is 2.18. The topological polar surface area (TPSA) is 97.1 Å². The molecule has 1 aliphatic rings. The van der Waals surface area contributed by atoms with E-state index in [0.29, 0.717) is 6.54 Å². The molecule has 6 nitrogen and oxygen atoms in total. The number of hydrogen-bond donors (Lipinski definition) is 3. The first-order valence-corrected chi connectivity index (χ1v) is 9.06. The normalized spacial score (nSPS) is 14.5. The summed E-state index contributed by atoms with van der Waals surface area (Å²) in [5, 5.41) is 6.46. The first kappa shape index (κ1) is 20.9. The Hall–Kier alpha value is -1.18. The minimum atomic E-state index is -0.579. The Morgan fingerprint density at radius 3 is 2.62 bits per heavy atom. The highest BCUT2D eigenvalue weighted by molar-refractivity contribution is 7.11. The van der Waals surface area contributed by atoms with Crippen LogP contribution >= 0.6 is 23.7 Å². The Morgan fingerprint density at radius 2 is 1.96 bits per heavy atom. The monoisotopic (exact) mass is 374 g/mol. The highest BCUT2D eigenvalue weighted by atomic mass is 35.5. The number of aryl methyl sites for hydroxylation is 2. The summed E-state index contributed by atoms with van der Waals surface area (Å²) in [5.41, 5.74) is 6.97. The fraction of sp³-hybridized carbons (Fsp3) is 0.688. The molecule has 0 unspecified atom stereocenters. The molecule has 1 atom stereocenters. The average molecular weight is 375 g/mol. The molecule has 0 spiro atoms. The summed E-state index contributed by atoms with van der Waals surface area (Å²) in [6.45, 7) is 4.25. The van der Waals surface area contributed by atoms with Crippen LogP contribution in [0.5, 0.6) is 0 Å². The maximum absolute atomic E-state index is 11.7. The van der Waals surface area contributed by atoms with Crippen LogP contribution in [0.1, 0.15) is 42.3 Å². The van der Waals surface area contributed by atoms with Crippen LogP contribution in [0.3, 0.4) is 0 Å². The molecule has 1 aliphatic carbocycles. The smallest absolute Gasteiger partial charge is 0.239 e. The Kier molecular flexibility index (Phi) is 8.66. The lowest BCUT2D eigenvalue weighted by Gasteiger charge is -2.15. The predicted octanol–water partition coefficient (Wildman–Crippen LogP) is 1.20. The zero-order valence-corrected chi connectivity index (χ0v) is 15.9. The Bertz CT molecular complexity index is 539. The zero-order valence-electron chi connectivity index (χ0n) is 14.3.